The molecule has 2 aromatic rings. The van der Waals surface area contributed by atoms with Gasteiger partial charge in [0.1, 0.15) is 11.6 Å². The largest absolute Gasteiger partial charge is 0.324 e. The Morgan fingerprint density at radius 1 is 1.33 bits per heavy atom. The molecule has 1 aromatic heterocycles. The molecular weight excluding hydrogens is 287 g/mol. The number of hydrogen-bond acceptors (Lipinski definition) is 1. The lowest BCUT2D eigenvalue weighted by molar-refractivity contribution is 0.194. The smallest absolute Gasteiger partial charge is 0.127 e. The second kappa shape index (κ2) is 5.28. The molecule has 1 aliphatic carbocycles. The van der Waals surface area contributed by atoms with Gasteiger partial charge in [-0.25, -0.2) is 9.37 Å². The maximum absolute atomic E-state index is 13.6. The van der Waals surface area contributed by atoms with Gasteiger partial charge in [-0.1, -0.05) is 13.8 Å². The highest BCUT2D eigenvalue weighted by Crippen LogP contribution is 2.42. The number of hydrogen-bond donors (Lipinski definition) is 0. The van der Waals surface area contributed by atoms with Crippen LogP contribution in [-0.2, 0) is 0 Å². The number of benzene rings is 1. The SMILES string of the molecule is CC(Cl)c1nc2ccc(F)cc2n1C1CCC(C)(C)CC1. The Balaban J connectivity index is 2.07. The van der Waals surface area contributed by atoms with E-state index in [1.165, 1.54) is 18.9 Å². The van der Waals surface area contributed by atoms with E-state index in [1.807, 2.05) is 6.92 Å². The van der Waals surface area contributed by atoms with Crippen LogP contribution in [0.4, 0.5) is 4.39 Å². The summed E-state index contributed by atoms with van der Waals surface area (Å²) in [5.74, 6) is 0.649. The molecule has 4 heteroatoms. The normalized spacial score (nSPS) is 20.8. The Morgan fingerprint density at radius 3 is 2.62 bits per heavy atom. The maximum Gasteiger partial charge on any atom is 0.127 e. The van der Waals surface area contributed by atoms with Crippen LogP contribution in [0.1, 0.15) is 63.7 Å². The predicted octanol–water partition coefficient (Wildman–Crippen LogP) is 5.62. The molecule has 1 heterocycles. The van der Waals surface area contributed by atoms with Crippen LogP contribution in [-0.4, -0.2) is 9.55 Å². The van der Waals surface area contributed by atoms with Gasteiger partial charge in [0, 0.05) is 6.04 Å². The van der Waals surface area contributed by atoms with Gasteiger partial charge in [0.25, 0.3) is 0 Å². The maximum atomic E-state index is 13.6. The standard InChI is InChI=1S/C17H22ClFN2/c1-11(18)16-20-14-5-4-12(19)10-15(14)21(16)13-6-8-17(2,3)9-7-13/h4-5,10-11,13H,6-9H2,1-3H3. The minimum Gasteiger partial charge on any atom is -0.324 e. The number of nitrogens with zero attached hydrogens (tertiary/aromatic N) is 2. The van der Waals surface area contributed by atoms with E-state index in [1.54, 1.807) is 12.1 Å². The van der Waals surface area contributed by atoms with Crippen LogP contribution in [0, 0.1) is 11.2 Å². The molecule has 2 nitrogen and oxygen atoms in total. The number of fused-ring (bicyclic) bond motifs is 1. The molecule has 21 heavy (non-hydrogen) atoms. The molecule has 0 aliphatic heterocycles. The molecule has 0 bridgehead atoms. The van der Waals surface area contributed by atoms with E-state index in [4.69, 9.17) is 11.6 Å². The fraction of sp³-hybridized carbons (Fsp3) is 0.588. The molecule has 0 amide bonds. The van der Waals surface area contributed by atoms with Gasteiger partial charge in [0.15, 0.2) is 0 Å². The number of imidazole rings is 1. The van der Waals surface area contributed by atoms with Crippen LogP contribution in [0.5, 0.6) is 0 Å². The van der Waals surface area contributed by atoms with Gasteiger partial charge in [-0.3, -0.25) is 0 Å². The van der Waals surface area contributed by atoms with Crippen LogP contribution in [0.15, 0.2) is 18.2 Å². The van der Waals surface area contributed by atoms with Crippen molar-refractivity contribution in [1.82, 2.24) is 9.55 Å². The summed E-state index contributed by atoms with van der Waals surface area (Å²) in [7, 11) is 0. The van der Waals surface area contributed by atoms with Gasteiger partial charge in [-0.2, -0.15) is 0 Å². The van der Waals surface area contributed by atoms with Gasteiger partial charge >= 0.3 is 0 Å². The summed E-state index contributed by atoms with van der Waals surface area (Å²) in [6, 6.07) is 5.18. The average molecular weight is 309 g/mol. The van der Waals surface area contributed by atoms with Gasteiger partial charge in [-0.15, -0.1) is 11.6 Å². The van der Waals surface area contributed by atoms with Crippen LogP contribution < -0.4 is 0 Å². The highest BCUT2D eigenvalue weighted by molar-refractivity contribution is 6.20. The molecule has 0 spiro atoms. The summed E-state index contributed by atoms with van der Waals surface area (Å²) in [5.41, 5.74) is 2.12. The van der Waals surface area contributed by atoms with E-state index in [-0.39, 0.29) is 11.2 Å². The molecule has 1 aliphatic rings. The highest BCUT2D eigenvalue weighted by atomic mass is 35.5. The molecule has 1 saturated carbocycles. The van der Waals surface area contributed by atoms with Gasteiger partial charge in [0.05, 0.1) is 16.4 Å². The summed E-state index contributed by atoms with van der Waals surface area (Å²) >= 11 is 6.32. The first-order valence-corrected chi connectivity index (χ1v) is 8.12. The summed E-state index contributed by atoms with van der Waals surface area (Å²) < 4.78 is 15.8. The Labute approximate surface area is 130 Å². The third-order valence-corrected chi connectivity index (χ3v) is 4.90. The molecule has 0 saturated heterocycles. The molecule has 0 N–H and O–H groups in total. The van der Waals surface area contributed by atoms with Crippen molar-refractivity contribution in [1.29, 1.82) is 0 Å². The quantitative estimate of drug-likeness (QED) is 0.659. The number of aromatic nitrogens is 2. The highest BCUT2D eigenvalue weighted by Gasteiger charge is 2.30. The van der Waals surface area contributed by atoms with E-state index < -0.39 is 0 Å². The third kappa shape index (κ3) is 2.80. The summed E-state index contributed by atoms with van der Waals surface area (Å²) in [5, 5.41) is -0.171. The topological polar surface area (TPSA) is 17.8 Å². The third-order valence-electron chi connectivity index (χ3n) is 4.71. The van der Waals surface area contributed by atoms with Gasteiger partial charge in [0.2, 0.25) is 0 Å². The Hall–Kier alpha value is -1.09. The summed E-state index contributed by atoms with van der Waals surface area (Å²) in [6.45, 7) is 6.57. The van der Waals surface area contributed by atoms with Crippen molar-refractivity contribution in [3.63, 3.8) is 0 Å². The zero-order chi connectivity index (χ0) is 15.2. The fourth-order valence-corrected chi connectivity index (χ4v) is 3.55. The molecule has 0 radical (unpaired) electrons. The molecule has 3 rings (SSSR count). The molecule has 114 valence electrons. The fourth-order valence-electron chi connectivity index (χ4n) is 3.39. The summed E-state index contributed by atoms with van der Waals surface area (Å²) in [4.78, 5) is 4.63. The van der Waals surface area contributed by atoms with Crippen LogP contribution in [0.25, 0.3) is 11.0 Å². The van der Waals surface area contributed by atoms with Crippen LogP contribution in [0.3, 0.4) is 0 Å². The van der Waals surface area contributed by atoms with E-state index in [2.05, 4.69) is 23.4 Å². The van der Waals surface area contributed by atoms with Crippen molar-refractivity contribution in [3.8, 4) is 0 Å². The van der Waals surface area contributed by atoms with E-state index in [9.17, 15) is 4.39 Å². The minimum atomic E-state index is -0.214. The Kier molecular flexibility index (Phi) is 3.73. The molecular formula is C17H22ClFN2. The first-order chi connectivity index (χ1) is 9.87. The minimum absolute atomic E-state index is 0.171. The summed E-state index contributed by atoms with van der Waals surface area (Å²) in [6.07, 6.45) is 4.57. The first kappa shape index (κ1) is 14.8. The van der Waals surface area contributed by atoms with Crippen molar-refractivity contribution in [2.75, 3.05) is 0 Å². The molecule has 1 unspecified atom stereocenters. The van der Waals surface area contributed by atoms with E-state index in [0.29, 0.717) is 11.5 Å². The molecule has 1 fully saturated rings. The number of rotatable bonds is 2. The van der Waals surface area contributed by atoms with Gasteiger partial charge in [-0.05, 0) is 56.2 Å². The van der Waals surface area contributed by atoms with Gasteiger partial charge < -0.3 is 4.57 Å². The van der Waals surface area contributed by atoms with Crippen molar-refractivity contribution in [2.45, 2.75) is 57.9 Å². The monoisotopic (exact) mass is 308 g/mol. The second-order valence-corrected chi connectivity index (χ2v) is 7.64. The van der Waals surface area contributed by atoms with Crippen molar-refractivity contribution < 1.29 is 4.39 Å². The van der Waals surface area contributed by atoms with E-state index >= 15 is 0 Å². The van der Waals surface area contributed by atoms with Crippen LogP contribution in [0.2, 0.25) is 0 Å². The number of alkyl halides is 1. The van der Waals surface area contributed by atoms with E-state index in [0.717, 1.165) is 29.7 Å². The molecule has 1 atom stereocenters. The number of halogens is 2. The van der Waals surface area contributed by atoms with Crippen molar-refractivity contribution in [3.05, 3.63) is 29.8 Å². The lowest BCUT2D eigenvalue weighted by atomic mass is 9.75. The lowest BCUT2D eigenvalue weighted by Crippen LogP contribution is -2.24. The molecule has 1 aromatic carbocycles. The predicted molar refractivity (Wildman–Crippen MR) is 85.2 cm³/mol. The average Bonchev–Trinajstić information content (AvgIpc) is 2.78. The Bertz CT molecular complexity index is 650. The Morgan fingerprint density at radius 2 is 2.00 bits per heavy atom. The first-order valence-electron chi connectivity index (χ1n) is 7.69. The van der Waals surface area contributed by atoms with Crippen molar-refractivity contribution in [2.24, 2.45) is 5.41 Å². The van der Waals surface area contributed by atoms with Crippen molar-refractivity contribution >= 4 is 22.6 Å². The zero-order valence-corrected chi connectivity index (χ0v) is 13.6. The zero-order valence-electron chi connectivity index (χ0n) is 12.9. The lowest BCUT2D eigenvalue weighted by Gasteiger charge is -2.36. The second-order valence-electron chi connectivity index (χ2n) is 6.98. The van der Waals surface area contributed by atoms with Crippen LogP contribution >= 0.6 is 11.6 Å².